The number of fused-ring (bicyclic) bond motifs is 6. The van der Waals surface area contributed by atoms with Crippen molar-refractivity contribution in [3.05, 3.63) is 167 Å². The topological polar surface area (TPSA) is 33.6 Å². The van der Waals surface area contributed by atoms with Crippen LogP contribution >= 0.6 is 0 Å². The molecule has 0 saturated heterocycles. The molecule has 0 spiro atoms. The molecule has 0 aliphatic rings. The van der Waals surface area contributed by atoms with Gasteiger partial charge in [0.25, 0.3) is 0 Å². The Morgan fingerprint density at radius 2 is 1.05 bits per heavy atom. The number of alkyl halides is 3. The Balaban J connectivity index is 1.41. The molecular formula is C53H44F3N3. The summed E-state index contributed by atoms with van der Waals surface area (Å²) < 4.78 is 49.6. The molecule has 2 aromatic heterocycles. The Bertz CT molecular complexity index is 3190. The van der Waals surface area contributed by atoms with Gasteiger partial charge in [-0.05, 0) is 124 Å². The molecule has 0 fully saturated rings. The number of halogens is 3. The van der Waals surface area contributed by atoms with Gasteiger partial charge in [0.2, 0.25) is 0 Å². The number of aromatic nitrogens is 2. The SMILES string of the molecule is Cc1cccc(C(F)(F)F)c1-c1ccc(-n2c3ccccc3c3cc(C(C)(C)C)ccc32)cc1-c1cc(C#N)ccc1-n1c2ccccc2c2cc(C(C)(C)C)ccc21. The molecule has 59 heavy (non-hydrogen) atoms. The van der Waals surface area contributed by atoms with Crippen LogP contribution < -0.4 is 0 Å². The Morgan fingerprint density at radius 1 is 0.492 bits per heavy atom. The molecule has 3 nitrogen and oxygen atoms in total. The van der Waals surface area contributed by atoms with Gasteiger partial charge in [0.1, 0.15) is 0 Å². The molecule has 0 aliphatic heterocycles. The molecule has 0 N–H and O–H groups in total. The molecule has 2 heterocycles. The number of hydrogen-bond donors (Lipinski definition) is 0. The highest BCUT2D eigenvalue weighted by Gasteiger charge is 2.35. The lowest BCUT2D eigenvalue weighted by molar-refractivity contribution is -0.137. The predicted molar refractivity (Wildman–Crippen MR) is 238 cm³/mol. The summed E-state index contributed by atoms with van der Waals surface area (Å²) in [5.41, 5.74) is 9.70. The molecule has 0 atom stereocenters. The first-order valence-electron chi connectivity index (χ1n) is 20.0. The van der Waals surface area contributed by atoms with Crippen LogP contribution in [0.2, 0.25) is 0 Å². The molecule has 0 saturated carbocycles. The standard InChI is InChI=1S/C53H44F3N3/c1-32-13-12-16-44(53(54,55)56)50(32)39-23-22-36(58-45-17-10-8-14-37(45)42-28-34(51(2,3)4)20-25-47(42)58)30-40(39)41-27-33(31-57)19-24-48(41)59-46-18-11-9-15-38(46)43-29-35(52(5,6)7)21-26-49(43)59/h8-30H,1-7H3. The fraction of sp³-hybridized carbons (Fsp3) is 0.189. The van der Waals surface area contributed by atoms with Crippen LogP contribution in [0.5, 0.6) is 0 Å². The zero-order valence-corrected chi connectivity index (χ0v) is 34.3. The van der Waals surface area contributed by atoms with Crippen LogP contribution in [-0.2, 0) is 17.0 Å². The van der Waals surface area contributed by atoms with Crippen molar-refractivity contribution in [1.29, 1.82) is 5.26 Å². The molecule has 0 radical (unpaired) electrons. The maximum absolute atomic E-state index is 15.1. The summed E-state index contributed by atoms with van der Waals surface area (Å²) in [4.78, 5) is 0. The van der Waals surface area contributed by atoms with Crippen LogP contribution in [0.4, 0.5) is 13.2 Å². The van der Waals surface area contributed by atoms with Gasteiger partial charge in [0.05, 0.1) is 45.0 Å². The van der Waals surface area contributed by atoms with Gasteiger partial charge in [-0.3, -0.25) is 0 Å². The second-order valence-electron chi connectivity index (χ2n) is 17.7. The van der Waals surface area contributed by atoms with E-state index in [4.69, 9.17) is 0 Å². The molecule has 0 amide bonds. The van der Waals surface area contributed by atoms with Crippen molar-refractivity contribution in [2.24, 2.45) is 0 Å². The zero-order valence-electron chi connectivity index (χ0n) is 34.3. The quantitative estimate of drug-likeness (QED) is 0.175. The molecular weight excluding hydrogens is 736 g/mol. The van der Waals surface area contributed by atoms with Crippen LogP contribution in [0.1, 0.15) is 69.4 Å². The number of aryl methyl sites for hydroxylation is 1. The van der Waals surface area contributed by atoms with Gasteiger partial charge in [0.15, 0.2) is 0 Å². The zero-order chi connectivity index (χ0) is 41.6. The highest BCUT2D eigenvalue weighted by atomic mass is 19.4. The van der Waals surface area contributed by atoms with Crippen molar-refractivity contribution in [2.45, 2.75) is 65.5 Å². The minimum absolute atomic E-state index is 0.0702. The molecule has 7 aromatic carbocycles. The number of hydrogen-bond acceptors (Lipinski definition) is 1. The number of para-hydroxylation sites is 2. The van der Waals surface area contributed by atoms with Crippen LogP contribution in [0.3, 0.4) is 0 Å². The van der Waals surface area contributed by atoms with E-state index in [0.29, 0.717) is 27.8 Å². The van der Waals surface area contributed by atoms with E-state index >= 15 is 13.2 Å². The highest BCUT2D eigenvalue weighted by Crippen LogP contribution is 2.47. The van der Waals surface area contributed by atoms with Gasteiger partial charge in [-0.2, -0.15) is 18.4 Å². The first-order chi connectivity index (χ1) is 28.0. The summed E-state index contributed by atoms with van der Waals surface area (Å²) >= 11 is 0. The lowest BCUT2D eigenvalue weighted by Gasteiger charge is -2.22. The van der Waals surface area contributed by atoms with E-state index in [1.54, 1.807) is 19.1 Å². The fourth-order valence-corrected chi connectivity index (χ4v) is 8.81. The molecule has 0 bridgehead atoms. The van der Waals surface area contributed by atoms with Gasteiger partial charge < -0.3 is 9.13 Å². The molecule has 0 unspecified atom stereocenters. The van der Waals surface area contributed by atoms with Crippen LogP contribution in [-0.4, -0.2) is 9.13 Å². The van der Waals surface area contributed by atoms with Gasteiger partial charge in [-0.15, -0.1) is 0 Å². The largest absolute Gasteiger partial charge is 0.417 e. The average molecular weight is 780 g/mol. The van der Waals surface area contributed by atoms with Crippen molar-refractivity contribution in [3.8, 4) is 39.7 Å². The van der Waals surface area contributed by atoms with Gasteiger partial charge in [-0.1, -0.05) is 108 Å². The molecule has 9 rings (SSSR count). The van der Waals surface area contributed by atoms with E-state index in [2.05, 4.69) is 117 Å². The molecule has 6 heteroatoms. The Labute approximate surface area is 342 Å². The Morgan fingerprint density at radius 3 is 1.63 bits per heavy atom. The highest BCUT2D eigenvalue weighted by molar-refractivity contribution is 6.11. The second-order valence-corrected chi connectivity index (χ2v) is 17.7. The summed E-state index contributed by atoms with van der Waals surface area (Å²) in [6.07, 6.45) is -4.61. The van der Waals surface area contributed by atoms with E-state index in [-0.39, 0.29) is 16.4 Å². The molecule has 9 aromatic rings. The van der Waals surface area contributed by atoms with E-state index in [9.17, 15) is 5.26 Å². The third-order valence-corrected chi connectivity index (χ3v) is 11.8. The van der Waals surface area contributed by atoms with Crippen molar-refractivity contribution in [1.82, 2.24) is 9.13 Å². The Hall–Kier alpha value is -6.58. The minimum Gasteiger partial charge on any atom is -0.309 e. The maximum Gasteiger partial charge on any atom is 0.417 e. The number of nitrogens with zero attached hydrogens (tertiary/aromatic N) is 3. The summed E-state index contributed by atoms with van der Waals surface area (Å²) in [7, 11) is 0. The first-order valence-corrected chi connectivity index (χ1v) is 20.0. The van der Waals surface area contributed by atoms with Crippen molar-refractivity contribution in [2.75, 3.05) is 0 Å². The summed E-state index contributed by atoms with van der Waals surface area (Å²) in [5, 5.41) is 14.7. The Kier molecular flexibility index (Phi) is 8.68. The lowest BCUT2D eigenvalue weighted by atomic mass is 9.86. The lowest BCUT2D eigenvalue weighted by Crippen LogP contribution is -2.10. The summed E-state index contributed by atoms with van der Waals surface area (Å²) in [6, 6.07) is 47.6. The number of nitriles is 1. The van der Waals surface area contributed by atoms with Crippen LogP contribution in [0.25, 0.3) is 77.2 Å². The van der Waals surface area contributed by atoms with Gasteiger partial charge in [-0.25, -0.2) is 0 Å². The first kappa shape index (κ1) is 38.0. The fourth-order valence-electron chi connectivity index (χ4n) is 8.81. The maximum atomic E-state index is 15.1. The van der Waals surface area contributed by atoms with E-state index in [1.807, 2.05) is 54.6 Å². The average Bonchev–Trinajstić information content (AvgIpc) is 3.71. The number of rotatable bonds is 4. The monoisotopic (exact) mass is 779 g/mol. The molecule has 292 valence electrons. The van der Waals surface area contributed by atoms with Gasteiger partial charge >= 0.3 is 6.18 Å². The van der Waals surface area contributed by atoms with Crippen molar-refractivity contribution < 1.29 is 13.2 Å². The third kappa shape index (κ3) is 6.28. The summed E-state index contributed by atoms with van der Waals surface area (Å²) in [6.45, 7) is 14.9. The van der Waals surface area contributed by atoms with Crippen molar-refractivity contribution >= 4 is 43.6 Å². The van der Waals surface area contributed by atoms with Gasteiger partial charge in [0, 0.05) is 32.8 Å². The van der Waals surface area contributed by atoms with Crippen LogP contribution in [0, 0.1) is 18.3 Å². The second kappa shape index (κ2) is 13.5. The summed E-state index contributed by atoms with van der Waals surface area (Å²) in [5.74, 6) is 0. The van der Waals surface area contributed by atoms with Crippen molar-refractivity contribution in [3.63, 3.8) is 0 Å². The third-order valence-electron chi connectivity index (χ3n) is 11.8. The van der Waals surface area contributed by atoms with E-state index in [1.165, 1.54) is 17.2 Å². The van der Waals surface area contributed by atoms with E-state index in [0.717, 1.165) is 61.1 Å². The van der Waals surface area contributed by atoms with E-state index < -0.39 is 11.7 Å². The normalized spacial score (nSPS) is 12.6. The minimum atomic E-state index is -4.61. The van der Waals surface area contributed by atoms with Crippen LogP contribution in [0.15, 0.2) is 140 Å². The smallest absolute Gasteiger partial charge is 0.309 e. The number of benzene rings is 7. The molecule has 0 aliphatic carbocycles. The predicted octanol–water partition coefficient (Wildman–Crippen LogP) is 15.0.